The van der Waals surface area contributed by atoms with E-state index in [1.807, 2.05) is 11.1 Å². The maximum atomic E-state index is 8.21. The van der Waals surface area contributed by atoms with Crippen LogP contribution in [0.15, 0.2) is 5.10 Å². The minimum atomic E-state index is 0.925. The predicted octanol–water partition coefficient (Wildman–Crippen LogP) is -0.257. The Kier molecular flexibility index (Phi) is 2.87. The van der Waals surface area contributed by atoms with Gasteiger partial charge in [0.05, 0.1) is 0 Å². The molecule has 0 aromatic heterocycles. The molecule has 1 saturated heterocycles. The number of rotatable bonds is 1. The molecule has 0 aromatic rings. The fourth-order valence-electron chi connectivity index (χ4n) is 1.02. The Labute approximate surface area is 66.7 Å². The van der Waals surface area contributed by atoms with E-state index in [9.17, 15) is 0 Å². The van der Waals surface area contributed by atoms with Crippen LogP contribution < -0.4 is 0 Å². The second kappa shape index (κ2) is 3.94. The molecule has 4 nitrogen and oxygen atoms in total. The van der Waals surface area contributed by atoms with E-state index >= 15 is 0 Å². The second-order valence-electron chi connectivity index (χ2n) is 2.63. The van der Waals surface area contributed by atoms with Gasteiger partial charge in [0.1, 0.15) is 12.3 Å². The van der Waals surface area contributed by atoms with Crippen molar-refractivity contribution in [3.63, 3.8) is 0 Å². The van der Waals surface area contributed by atoms with Gasteiger partial charge in [-0.3, -0.25) is 5.01 Å². The number of likely N-dealkylation sites (N-methyl/N-ethyl adjacent to an activating group) is 1. The van der Waals surface area contributed by atoms with E-state index in [4.69, 9.17) is 5.26 Å². The van der Waals surface area contributed by atoms with Crippen molar-refractivity contribution in [3.8, 4) is 6.07 Å². The maximum absolute atomic E-state index is 8.21. The Bertz CT molecular complexity index is 173. The number of hydrogen-bond acceptors (Lipinski definition) is 4. The average Bonchev–Trinajstić information content (AvgIpc) is 2.04. The molecule has 4 heteroatoms. The summed E-state index contributed by atoms with van der Waals surface area (Å²) in [6.07, 6.45) is 1.28. The monoisotopic (exact) mass is 152 g/mol. The van der Waals surface area contributed by atoms with Crippen LogP contribution in [-0.4, -0.2) is 49.4 Å². The zero-order valence-corrected chi connectivity index (χ0v) is 6.69. The molecule has 0 bridgehead atoms. The van der Waals surface area contributed by atoms with E-state index in [0.29, 0.717) is 0 Å². The van der Waals surface area contributed by atoms with Crippen LogP contribution in [0.2, 0.25) is 0 Å². The second-order valence-corrected chi connectivity index (χ2v) is 2.63. The van der Waals surface area contributed by atoms with Gasteiger partial charge in [-0.15, -0.1) is 0 Å². The minimum absolute atomic E-state index is 0.925. The highest BCUT2D eigenvalue weighted by molar-refractivity contribution is 5.74. The van der Waals surface area contributed by atoms with Crippen molar-refractivity contribution in [1.29, 1.82) is 5.26 Å². The van der Waals surface area contributed by atoms with Crippen molar-refractivity contribution in [3.05, 3.63) is 0 Å². The maximum Gasteiger partial charge on any atom is 0.124 e. The van der Waals surface area contributed by atoms with Gasteiger partial charge in [-0.2, -0.15) is 10.4 Å². The number of hydrogen-bond donors (Lipinski definition) is 0. The predicted molar refractivity (Wildman–Crippen MR) is 43.2 cm³/mol. The quantitative estimate of drug-likeness (QED) is 0.486. The van der Waals surface area contributed by atoms with Crippen molar-refractivity contribution in [2.24, 2.45) is 5.10 Å². The molecule has 0 atom stereocenters. The fourth-order valence-corrected chi connectivity index (χ4v) is 1.02. The van der Waals surface area contributed by atoms with Crippen LogP contribution in [0.3, 0.4) is 0 Å². The topological polar surface area (TPSA) is 42.6 Å². The van der Waals surface area contributed by atoms with E-state index in [0.717, 1.165) is 26.2 Å². The zero-order chi connectivity index (χ0) is 8.10. The summed E-state index contributed by atoms with van der Waals surface area (Å²) < 4.78 is 0. The summed E-state index contributed by atoms with van der Waals surface area (Å²) >= 11 is 0. The molecular weight excluding hydrogens is 140 g/mol. The number of hydrazone groups is 1. The van der Waals surface area contributed by atoms with Crippen molar-refractivity contribution < 1.29 is 0 Å². The van der Waals surface area contributed by atoms with E-state index < -0.39 is 0 Å². The van der Waals surface area contributed by atoms with Crippen LogP contribution in [-0.2, 0) is 0 Å². The molecule has 0 unspecified atom stereocenters. The van der Waals surface area contributed by atoms with Gasteiger partial charge in [-0.05, 0) is 7.05 Å². The third-order valence-corrected chi connectivity index (χ3v) is 1.76. The van der Waals surface area contributed by atoms with Gasteiger partial charge in [0.15, 0.2) is 0 Å². The largest absolute Gasteiger partial charge is 0.303 e. The first-order valence-corrected chi connectivity index (χ1v) is 3.68. The Balaban J connectivity index is 2.29. The lowest BCUT2D eigenvalue weighted by atomic mass is 10.4. The summed E-state index contributed by atoms with van der Waals surface area (Å²) in [5.74, 6) is 0. The minimum Gasteiger partial charge on any atom is -0.303 e. The third-order valence-electron chi connectivity index (χ3n) is 1.76. The van der Waals surface area contributed by atoms with Gasteiger partial charge < -0.3 is 4.90 Å². The van der Waals surface area contributed by atoms with Gasteiger partial charge in [0.25, 0.3) is 0 Å². The highest BCUT2D eigenvalue weighted by atomic mass is 15.5. The van der Waals surface area contributed by atoms with Gasteiger partial charge in [0.2, 0.25) is 0 Å². The van der Waals surface area contributed by atoms with Crippen molar-refractivity contribution in [1.82, 2.24) is 9.91 Å². The molecule has 1 rings (SSSR count). The molecule has 0 N–H and O–H groups in total. The molecule has 0 amide bonds. The van der Waals surface area contributed by atoms with Crippen molar-refractivity contribution in [2.45, 2.75) is 0 Å². The Morgan fingerprint density at radius 2 is 2.00 bits per heavy atom. The molecule has 0 aromatic carbocycles. The third kappa shape index (κ3) is 2.56. The number of piperazine rings is 1. The first-order valence-electron chi connectivity index (χ1n) is 3.68. The smallest absolute Gasteiger partial charge is 0.124 e. The molecule has 0 saturated carbocycles. The summed E-state index contributed by atoms with van der Waals surface area (Å²) in [5.41, 5.74) is 0. The molecule has 0 spiro atoms. The van der Waals surface area contributed by atoms with Crippen LogP contribution in [0.4, 0.5) is 0 Å². The normalized spacial score (nSPS) is 20.5. The summed E-state index contributed by atoms with van der Waals surface area (Å²) in [7, 11) is 2.09. The average molecular weight is 152 g/mol. The summed E-state index contributed by atoms with van der Waals surface area (Å²) in [5, 5.41) is 14.1. The first-order chi connectivity index (χ1) is 5.33. The SMILES string of the molecule is CN1CCN(/N=C/C#N)CC1. The Morgan fingerprint density at radius 1 is 1.36 bits per heavy atom. The van der Waals surface area contributed by atoms with Gasteiger partial charge in [-0.25, -0.2) is 0 Å². The summed E-state index contributed by atoms with van der Waals surface area (Å²) in [4.78, 5) is 2.25. The van der Waals surface area contributed by atoms with E-state index in [1.165, 1.54) is 6.21 Å². The first kappa shape index (κ1) is 8.02. The van der Waals surface area contributed by atoms with Crippen LogP contribution in [0, 0.1) is 11.3 Å². The molecule has 11 heavy (non-hydrogen) atoms. The standard InChI is InChI=1S/C7H12N4/c1-10-4-6-11(7-5-10)9-3-2-8/h3H,4-7H2,1H3/b9-3+. The van der Waals surface area contributed by atoms with E-state index in [2.05, 4.69) is 17.0 Å². The lowest BCUT2D eigenvalue weighted by molar-refractivity contribution is 0.160. The number of nitrogens with zero attached hydrogens (tertiary/aromatic N) is 4. The van der Waals surface area contributed by atoms with Crippen molar-refractivity contribution in [2.75, 3.05) is 33.2 Å². The summed E-state index contributed by atoms with van der Waals surface area (Å²) in [6, 6.07) is 1.88. The molecular formula is C7H12N4. The van der Waals surface area contributed by atoms with Crippen LogP contribution in [0.5, 0.6) is 0 Å². The molecule has 1 aliphatic rings. The molecule has 1 heterocycles. The highest BCUT2D eigenvalue weighted by Crippen LogP contribution is 1.97. The molecule has 1 fully saturated rings. The van der Waals surface area contributed by atoms with Crippen molar-refractivity contribution >= 4 is 6.21 Å². The van der Waals surface area contributed by atoms with Crippen LogP contribution >= 0.6 is 0 Å². The van der Waals surface area contributed by atoms with E-state index in [1.54, 1.807) is 0 Å². The molecule has 60 valence electrons. The van der Waals surface area contributed by atoms with Gasteiger partial charge >= 0.3 is 0 Å². The summed E-state index contributed by atoms with van der Waals surface area (Å²) in [6.45, 7) is 3.91. The molecule has 0 radical (unpaired) electrons. The van der Waals surface area contributed by atoms with Gasteiger partial charge in [-0.1, -0.05) is 0 Å². The lowest BCUT2D eigenvalue weighted by Gasteiger charge is -2.29. The number of nitriles is 1. The highest BCUT2D eigenvalue weighted by Gasteiger charge is 2.10. The van der Waals surface area contributed by atoms with Crippen LogP contribution in [0.1, 0.15) is 0 Å². The van der Waals surface area contributed by atoms with Crippen LogP contribution in [0.25, 0.3) is 0 Å². The lowest BCUT2D eigenvalue weighted by Crippen LogP contribution is -2.41. The van der Waals surface area contributed by atoms with Gasteiger partial charge in [0, 0.05) is 26.2 Å². The fraction of sp³-hybridized carbons (Fsp3) is 0.714. The molecule has 0 aliphatic carbocycles. The Hall–Kier alpha value is -1.08. The zero-order valence-electron chi connectivity index (χ0n) is 6.69. The Morgan fingerprint density at radius 3 is 2.55 bits per heavy atom. The van der Waals surface area contributed by atoms with E-state index in [-0.39, 0.29) is 0 Å². The molecule has 1 aliphatic heterocycles.